The minimum atomic E-state index is -1.20. The van der Waals surface area contributed by atoms with Crippen LogP contribution in [0.3, 0.4) is 0 Å². The number of amides is 2. The molecule has 2 aromatic rings. The quantitative estimate of drug-likeness (QED) is 0.254. The van der Waals surface area contributed by atoms with E-state index in [0.717, 1.165) is 5.39 Å². The van der Waals surface area contributed by atoms with E-state index in [2.05, 4.69) is 22.9 Å². The number of pyridine rings is 1. The van der Waals surface area contributed by atoms with Gasteiger partial charge in [-0.25, -0.2) is 14.6 Å². The van der Waals surface area contributed by atoms with Crippen molar-refractivity contribution in [2.75, 3.05) is 13.2 Å². The van der Waals surface area contributed by atoms with Crippen LogP contribution in [0.4, 0.5) is 4.79 Å². The first-order valence-corrected chi connectivity index (χ1v) is 13.0. The summed E-state index contributed by atoms with van der Waals surface area (Å²) in [5.74, 6) is -1.42. The Hall–Kier alpha value is -2.28. The molecular formula is C28H33ClN3O6U-. The van der Waals surface area contributed by atoms with Gasteiger partial charge in [-0.2, -0.15) is 17.5 Å². The second-order valence-corrected chi connectivity index (χ2v) is 11.2. The monoisotopic (exact) mass is 780 g/mol. The molecule has 0 unspecified atom stereocenters. The first kappa shape index (κ1) is 31.3. The van der Waals surface area contributed by atoms with Crippen molar-refractivity contribution in [3.8, 4) is 5.88 Å². The first-order valence-electron chi connectivity index (χ1n) is 12.6. The molecule has 1 aromatic carbocycles. The minimum Gasteiger partial charge on any atom is -0.482 e. The maximum atomic E-state index is 13.7. The Morgan fingerprint density at radius 1 is 1.33 bits per heavy atom. The van der Waals surface area contributed by atoms with Gasteiger partial charge < -0.3 is 19.5 Å². The summed E-state index contributed by atoms with van der Waals surface area (Å²) >= 11 is 6.20. The summed E-state index contributed by atoms with van der Waals surface area (Å²) in [6.07, 6.45) is 2.27. The third-order valence-electron chi connectivity index (χ3n) is 6.86. The number of rotatable bonds is 7. The summed E-state index contributed by atoms with van der Waals surface area (Å²) in [6, 6.07) is 7.38. The fourth-order valence-electron chi connectivity index (χ4n) is 4.84. The van der Waals surface area contributed by atoms with Crippen LogP contribution in [0.5, 0.6) is 5.88 Å². The van der Waals surface area contributed by atoms with E-state index in [0.29, 0.717) is 22.7 Å². The molecule has 0 bridgehead atoms. The predicted molar refractivity (Wildman–Crippen MR) is 142 cm³/mol. The molecule has 39 heavy (non-hydrogen) atoms. The van der Waals surface area contributed by atoms with Crippen molar-refractivity contribution in [3.63, 3.8) is 0 Å². The van der Waals surface area contributed by atoms with Crippen LogP contribution < -0.4 is 10.1 Å². The molecule has 1 saturated heterocycles. The molecule has 11 heteroatoms. The third kappa shape index (κ3) is 6.55. The average molecular weight is 781 g/mol. The summed E-state index contributed by atoms with van der Waals surface area (Å²) < 4.78 is 17.1. The molecule has 1 aliphatic carbocycles. The van der Waals surface area contributed by atoms with Gasteiger partial charge in [0.15, 0.2) is 5.88 Å². The molecule has 1 aromatic heterocycles. The maximum absolute atomic E-state index is 13.7. The van der Waals surface area contributed by atoms with Crippen LogP contribution in [-0.2, 0) is 19.1 Å². The molecule has 2 amide bonds. The fourth-order valence-corrected chi connectivity index (χ4v) is 5.01. The average Bonchev–Trinajstić information content (AvgIpc) is 3.46. The van der Waals surface area contributed by atoms with E-state index in [-0.39, 0.29) is 50.2 Å². The molecule has 0 radical (unpaired) electrons. The molecule has 2 aliphatic rings. The Morgan fingerprint density at radius 3 is 2.67 bits per heavy atom. The van der Waals surface area contributed by atoms with E-state index in [9.17, 15) is 14.4 Å². The van der Waals surface area contributed by atoms with Gasteiger partial charge in [0.05, 0.1) is 13.2 Å². The van der Waals surface area contributed by atoms with Crippen molar-refractivity contribution < 1.29 is 59.7 Å². The Kier molecular flexibility index (Phi) is 9.68. The van der Waals surface area contributed by atoms with Crippen molar-refractivity contribution in [2.45, 2.75) is 64.3 Å². The van der Waals surface area contributed by atoms with Gasteiger partial charge in [0.2, 0.25) is 5.91 Å². The maximum Gasteiger partial charge on any atom is 0.411 e. The van der Waals surface area contributed by atoms with Gasteiger partial charge in [-0.05, 0) is 40.3 Å². The number of halogens is 1. The number of hydrogen-bond acceptors (Lipinski definition) is 7. The molecule has 0 spiro atoms. The van der Waals surface area contributed by atoms with E-state index in [4.69, 9.17) is 25.8 Å². The number of esters is 1. The normalized spacial score (nSPS) is 25.8. The van der Waals surface area contributed by atoms with Gasteiger partial charge in [-0.15, -0.1) is 6.58 Å². The Bertz CT molecular complexity index is 1270. The second-order valence-electron chi connectivity index (χ2n) is 10.7. The third-order valence-corrected chi connectivity index (χ3v) is 7.09. The van der Waals surface area contributed by atoms with Gasteiger partial charge in [-0.1, -0.05) is 42.1 Å². The van der Waals surface area contributed by atoms with Gasteiger partial charge in [0, 0.05) is 48.0 Å². The predicted octanol–water partition coefficient (Wildman–Crippen LogP) is 4.32. The van der Waals surface area contributed by atoms with Crippen LogP contribution in [0.25, 0.3) is 10.8 Å². The zero-order valence-electron chi connectivity index (χ0n) is 22.7. The van der Waals surface area contributed by atoms with Crippen molar-refractivity contribution in [1.29, 1.82) is 0 Å². The number of carbonyl (C=O) groups is 3. The van der Waals surface area contributed by atoms with Crippen LogP contribution >= 0.6 is 11.6 Å². The zero-order valence-corrected chi connectivity index (χ0v) is 27.7. The summed E-state index contributed by atoms with van der Waals surface area (Å²) in [4.78, 5) is 45.4. The van der Waals surface area contributed by atoms with Crippen LogP contribution in [-0.4, -0.2) is 64.3 Å². The number of benzene rings is 1. The molecule has 2 heterocycles. The molecular weight excluding hydrogens is 748 g/mol. The van der Waals surface area contributed by atoms with Crippen molar-refractivity contribution in [3.05, 3.63) is 48.1 Å². The first-order chi connectivity index (χ1) is 17.9. The van der Waals surface area contributed by atoms with Gasteiger partial charge in [-0.3, -0.25) is 9.69 Å². The number of nitrogens with zero attached hydrogens (tertiary/aromatic N) is 2. The van der Waals surface area contributed by atoms with E-state index in [1.54, 1.807) is 45.9 Å². The van der Waals surface area contributed by atoms with Gasteiger partial charge in [0.25, 0.3) is 0 Å². The number of fused-ring (bicyclic) bond motifs is 1. The number of hydrogen-bond donors (Lipinski definition) is 1. The van der Waals surface area contributed by atoms with Crippen molar-refractivity contribution in [2.24, 2.45) is 11.8 Å². The topological polar surface area (TPSA) is 107 Å². The van der Waals surface area contributed by atoms with E-state index >= 15 is 0 Å². The smallest absolute Gasteiger partial charge is 0.411 e. The Labute approximate surface area is 257 Å². The van der Waals surface area contributed by atoms with E-state index in [1.807, 2.05) is 13.0 Å². The van der Waals surface area contributed by atoms with Crippen LogP contribution in [0, 0.1) is 49.0 Å². The molecule has 2 fully saturated rings. The van der Waals surface area contributed by atoms with E-state index < -0.39 is 47.2 Å². The van der Waals surface area contributed by atoms with Gasteiger partial charge in [0.1, 0.15) is 23.3 Å². The largest absolute Gasteiger partial charge is 0.482 e. The van der Waals surface area contributed by atoms with Crippen molar-refractivity contribution >= 4 is 40.3 Å². The summed E-state index contributed by atoms with van der Waals surface area (Å²) in [6.45, 7) is 12.8. The summed E-state index contributed by atoms with van der Waals surface area (Å²) in [7, 11) is 0. The Morgan fingerprint density at radius 2 is 2.05 bits per heavy atom. The molecule has 9 nitrogen and oxygen atoms in total. The van der Waals surface area contributed by atoms with Crippen LogP contribution in [0.15, 0.2) is 37.1 Å². The van der Waals surface area contributed by atoms with E-state index in [1.165, 1.54) is 11.1 Å². The standard InChI is InChI=1S/C28H33ClN3O6.U/c1-7-18-14-28(18,25(34)36-8-2)31-23(33)22-16(3)21(15-32(22)26(35)38-27(4,5)6)37-24-20-13-19(29)10-9-17(20)11-12-30-24;/h7,9-10,12-13,16,18,21-22H,1,8,14-15H2,2-6H3,(H,31,33);/q-1;/t16-,18-,21+,22+,28-;/m1./s1. The van der Waals surface area contributed by atoms with Crippen LogP contribution in [0.1, 0.15) is 41.0 Å². The molecule has 1 N–H and O–H groups in total. The second kappa shape index (κ2) is 12.1. The van der Waals surface area contributed by atoms with Crippen molar-refractivity contribution in [1.82, 2.24) is 15.2 Å². The molecule has 1 saturated carbocycles. The Balaban J connectivity index is 0.00000420. The molecule has 1 aliphatic heterocycles. The summed E-state index contributed by atoms with van der Waals surface area (Å²) in [5, 5.41) is 4.81. The zero-order chi connectivity index (χ0) is 27.8. The number of carbonyl (C=O) groups excluding carboxylic acids is 3. The number of ether oxygens (including phenoxy) is 3. The summed E-state index contributed by atoms with van der Waals surface area (Å²) in [5.41, 5.74) is -1.97. The van der Waals surface area contributed by atoms with Gasteiger partial charge >= 0.3 is 12.1 Å². The van der Waals surface area contributed by atoms with Crippen LogP contribution in [0.2, 0.25) is 5.02 Å². The molecule has 4 rings (SSSR count). The number of likely N-dealkylation sites (tertiary alicyclic amines) is 1. The number of nitrogens with one attached hydrogen (secondary N) is 1. The molecule has 208 valence electrons. The number of aromatic nitrogens is 1. The molecule has 5 atom stereocenters. The SMILES string of the molecule is C=C[C@@H]1C[C@]1(NC(=O)[C@@H]1[C@H](C)[C@@H](Oc2nc[c-]c3ccc(Cl)cc23)CN1C(=O)OC(C)(C)C)C(=O)OCC.[U]. The fraction of sp³-hybridized carbons (Fsp3) is 0.500. The minimum absolute atomic E-state index is 0.